The fraction of sp³-hybridized carbons (Fsp3) is 0. The summed E-state index contributed by atoms with van der Waals surface area (Å²) in [6, 6.07) is 25.6. The van der Waals surface area contributed by atoms with Gasteiger partial charge < -0.3 is 5.32 Å². The lowest BCUT2D eigenvalue weighted by Crippen LogP contribution is -2.12. The Hall–Kier alpha value is -3.44. The molecule has 5 heteroatoms. The number of imidazole rings is 1. The Morgan fingerprint density at radius 3 is 2.56 bits per heavy atom. The number of nitrogens with one attached hydrogen (secondary N) is 1. The van der Waals surface area contributed by atoms with Gasteiger partial charge in [0.2, 0.25) is 0 Å². The van der Waals surface area contributed by atoms with Crippen molar-refractivity contribution in [1.82, 2.24) is 9.38 Å². The van der Waals surface area contributed by atoms with Gasteiger partial charge in [0, 0.05) is 16.5 Å². The molecule has 0 bridgehead atoms. The number of anilines is 1. The maximum Gasteiger partial charge on any atom is 0.266 e. The minimum atomic E-state index is -0.126. The first-order valence-electron chi connectivity index (χ1n) is 8.62. The van der Waals surface area contributed by atoms with E-state index in [4.69, 9.17) is 4.98 Å². The van der Waals surface area contributed by atoms with Crippen LogP contribution in [-0.4, -0.2) is 15.3 Å². The first kappa shape index (κ1) is 15.8. The van der Waals surface area contributed by atoms with Gasteiger partial charge in [0.1, 0.15) is 17.2 Å². The molecule has 27 heavy (non-hydrogen) atoms. The van der Waals surface area contributed by atoms with Crippen molar-refractivity contribution < 1.29 is 4.79 Å². The van der Waals surface area contributed by atoms with Crippen LogP contribution in [0, 0.1) is 0 Å². The molecule has 0 radical (unpaired) electrons. The van der Waals surface area contributed by atoms with E-state index in [1.165, 1.54) is 11.3 Å². The third-order valence-corrected chi connectivity index (χ3v) is 5.57. The maximum absolute atomic E-state index is 13.0. The molecule has 130 valence electrons. The zero-order valence-electron chi connectivity index (χ0n) is 14.3. The first-order valence-corrected chi connectivity index (χ1v) is 9.44. The van der Waals surface area contributed by atoms with E-state index in [0.717, 1.165) is 27.0 Å². The summed E-state index contributed by atoms with van der Waals surface area (Å²) in [4.78, 5) is 18.4. The lowest BCUT2D eigenvalue weighted by atomic mass is 10.1. The molecule has 0 aliphatic rings. The second kappa shape index (κ2) is 6.37. The largest absolute Gasteiger partial charge is 0.305 e. The maximum atomic E-state index is 13.0. The minimum absolute atomic E-state index is 0.126. The van der Waals surface area contributed by atoms with Crippen LogP contribution in [0.25, 0.3) is 27.0 Å². The van der Waals surface area contributed by atoms with Crippen molar-refractivity contribution >= 4 is 38.8 Å². The van der Waals surface area contributed by atoms with E-state index < -0.39 is 0 Å². The van der Waals surface area contributed by atoms with Gasteiger partial charge in [0.15, 0.2) is 0 Å². The summed E-state index contributed by atoms with van der Waals surface area (Å²) < 4.78 is 3.01. The van der Waals surface area contributed by atoms with E-state index >= 15 is 0 Å². The van der Waals surface area contributed by atoms with Crippen LogP contribution < -0.4 is 5.32 Å². The molecule has 0 saturated carbocycles. The topological polar surface area (TPSA) is 46.4 Å². The van der Waals surface area contributed by atoms with Crippen molar-refractivity contribution in [3.05, 3.63) is 89.9 Å². The molecule has 0 unspecified atom stereocenters. The molecule has 3 aromatic heterocycles. The average Bonchev–Trinajstić information content (AvgIpc) is 3.31. The normalized spacial score (nSPS) is 11.1. The lowest BCUT2D eigenvalue weighted by molar-refractivity contribution is 0.103. The fourth-order valence-electron chi connectivity index (χ4n) is 3.18. The molecule has 2 aromatic carbocycles. The molecule has 4 nitrogen and oxygen atoms in total. The summed E-state index contributed by atoms with van der Waals surface area (Å²) in [5, 5.41) is 4.16. The van der Waals surface area contributed by atoms with Crippen LogP contribution in [0.3, 0.4) is 0 Å². The number of nitrogens with zero attached hydrogens (tertiary/aromatic N) is 2. The van der Waals surface area contributed by atoms with Crippen LogP contribution in [0.1, 0.15) is 9.67 Å². The molecule has 1 N–H and O–H groups in total. The van der Waals surface area contributed by atoms with Crippen LogP contribution in [0.4, 0.5) is 5.82 Å². The highest BCUT2D eigenvalue weighted by molar-refractivity contribution is 7.20. The summed E-state index contributed by atoms with van der Waals surface area (Å²) in [5.41, 5.74) is 2.52. The Balaban J connectivity index is 1.60. The summed E-state index contributed by atoms with van der Waals surface area (Å²) in [6.45, 7) is 0. The Kier molecular flexibility index (Phi) is 3.73. The van der Waals surface area contributed by atoms with E-state index in [-0.39, 0.29) is 5.91 Å². The van der Waals surface area contributed by atoms with Gasteiger partial charge in [-0.25, -0.2) is 4.98 Å². The standard InChI is InChI=1S/C22H15N3OS/c26-22(18-14-16-10-4-5-11-17(16)27-18)24-21-20(15-8-2-1-3-9-15)23-19-12-6-7-13-25(19)21/h1-14H,(H,24,26). The van der Waals surface area contributed by atoms with E-state index in [0.29, 0.717) is 10.7 Å². The van der Waals surface area contributed by atoms with Crippen LogP contribution in [0.15, 0.2) is 85.1 Å². The summed E-state index contributed by atoms with van der Waals surface area (Å²) in [7, 11) is 0. The van der Waals surface area contributed by atoms with Crippen molar-refractivity contribution in [3.63, 3.8) is 0 Å². The van der Waals surface area contributed by atoms with Crippen LogP contribution >= 0.6 is 11.3 Å². The van der Waals surface area contributed by atoms with Crippen molar-refractivity contribution in [2.45, 2.75) is 0 Å². The number of hydrogen-bond donors (Lipinski definition) is 1. The highest BCUT2D eigenvalue weighted by Gasteiger charge is 2.18. The zero-order valence-corrected chi connectivity index (χ0v) is 15.1. The first-order chi connectivity index (χ1) is 13.3. The predicted molar refractivity (Wildman–Crippen MR) is 110 cm³/mol. The molecule has 0 aliphatic heterocycles. The molecule has 5 rings (SSSR count). The van der Waals surface area contributed by atoms with Crippen LogP contribution in [0.2, 0.25) is 0 Å². The van der Waals surface area contributed by atoms with Gasteiger partial charge in [0.25, 0.3) is 5.91 Å². The number of carbonyl (C=O) groups excluding carboxylic acids is 1. The summed E-state index contributed by atoms with van der Waals surface area (Å²) in [6.07, 6.45) is 1.91. The molecular weight excluding hydrogens is 354 g/mol. The zero-order chi connectivity index (χ0) is 18.2. The molecular formula is C22H15N3OS. The lowest BCUT2D eigenvalue weighted by Gasteiger charge is -2.06. The average molecular weight is 369 g/mol. The molecule has 0 spiro atoms. The SMILES string of the molecule is O=C(Nc1c(-c2ccccc2)nc2ccccn12)c1cc2ccccc2s1. The van der Waals surface area contributed by atoms with Gasteiger partial charge >= 0.3 is 0 Å². The van der Waals surface area contributed by atoms with E-state index in [9.17, 15) is 4.79 Å². The molecule has 0 atom stereocenters. The third kappa shape index (κ3) is 2.78. The number of amides is 1. The highest BCUT2D eigenvalue weighted by atomic mass is 32.1. The number of aromatic nitrogens is 2. The van der Waals surface area contributed by atoms with Gasteiger partial charge in [-0.2, -0.15) is 0 Å². The van der Waals surface area contributed by atoms with Crippen LogP contribution in [0.5, 0.6) is 0 Å². The van der Waals surface area contributed by atoms with Gasteiger partial charge in [0.05, 0.1) is 4.88 Å². The van der Waals surface area contributed by atoms with Crippen molar-refractivity contribution in [3.8, 4) is 11.3 Å². The van der Waals surface area contributed by atoms with Crippen molar-refractivity contribution in [2.75, 3.05) is 5.32 Å². The molecule has 0 saturated heterocycles. The van der Waals surface area contributed by atoms with E-state index in [2.05, 4.69) is 5.32 Å². The fourth-order valence-corrected chi connectivity index (χ4v) is 4.13. The van der Waals surface area contributed by atoms with Gasteiger partial charge in [-0.05, 0) is 29.7 Å². The second-order valence-electron chi connectivity index (χ2n) is 6.21. The number of pyridine rings is 1. The number of fused-ring (bicyclic) bond motifs is 2. The molecule has 1 amide bonds. The summed E-state index contributed by atoms with van der Waals surface area (Å²) in [5.74, 6) is 0.554. The Labute approximate surface area is 159 Å². The monoisotopic (exact) mass is 369 g/mol. The molecule has 5 aromatic rings. The molecule has 0 fully saturated rings. The number of hydrogen-bond acceptors (Lipinski definition) is 3. The molecule has 0 aliphatic carbocycles. The number of rotatable bonds is 3. The van der Waals surface area contributed by atoms with E-state index in [1.54, 1.807) is 0 Å². The highest BCUT2D eigenvalue weighted by Crippen LogP contribution is 2.30. The molecule has 3 heterocycles. The number of thiophene rings is 1. The van der Waals surface area contributed by atoms with Crippen molar-refractivity contribution in [1.29, 1.82) is 0 Å². The van der Waals surface area contributed by atoms with Gasteiger partial charge in [-0.3, -0.25) is 9.20 Å². The van der Waals surface area contributed by atoms with Crippen molar-refractivity contribution in [2.24, 2.45) is 0 Å². The Morgan fingerprint density at radius 2 is 1.70 bits per heavy atom. The van der Waals surface area contributed by atoms with Crippen LogP contribution in [-0.2, 0) is 0 Å². The quantitative estimate of drug-likeness (QED) is 0.458. The predicted octanol–water partition coefficient (Wildman–Crippen LogP) is 5.47. The smallest absolute Gasteiger partial charge is 0.266 e. The number of carbonyl (C=O) groups is 1. The van der Waals surface area contributed by atoms with Gasteiger partial charge in [-0.15, -0.1) is 11.3 Å². The third-order valence-electron chi connectivity index (χ3n) is 4.46. The number of benzene rings is 2. The second-order valence-corrected chi connectivity index (χ2v) is 7.29. The van der Waals surface area contributed by atoms with Gasteiger partial charge in [-0.1, -0.05) is 54.6 Å². The summed E-state index contributed by atoms with van der Waals surface area (Å²) >= 11 is 1.49. The van der Waals surface area contributed by atoms with E-state index in [1.807, 2.05) is 89.5 Å². The Morgan fingerprint density at radius 1 is 0.926 bits per heavy atom. The Bertz CT molecular complexity index is 1240. The minimum Gasteiger partial charge on any atom is -0.305 e.